The van der Waals surface area contributed by atoms with E-state index >= 15 is 0 Å². The third-order valence-electron chi connectivity index (χ3n) is 2.25. The molecule has 2 nitrogen and oxygen atoms in total. The SMILES string of the molecule is CCNc1ccc2cc(C)cc(F)c2n1. The van der Waals surface area contributed by atoms with Crippen molar-refractivity contribution in [2.24, 2.45) is 0 Å². The molecule has 0 spiro atoms. The Kier molecular flexibility index (Phi) is 2.54. The summed E-state index contributed by atoms with van der Waals surface area (Å²) in [4.78, 5) is 4.22. The van der Waals surface area contributed by atoms with Crippen LogP contribution in [0.5, 0.6) is 0 Å². The number of pyridine rings is 1. The minimum Gasteiger partial charge on any atom is -0.370 e. The van der Waals surface area contributed by atoms with Gasteiger partial charge in [-0.3, -0.25) is 0 Å². The summed E-state index contributed by atoms with van der Waals surface area (Å²) in [5.74, 6) is 0.456. The monoisotopic (exact) mass is 204 g/mol. The number of halogens is 1. The zero-order valence-corrected chi connectivity index (χ0v) is 8.84. The number of anilines is 1. The van der Waals surface area contributed by atoms with Crippen LogP contribution in [0.15, 0.2) is 24.3 Å². The van der Waals surface area contributed by atoms with Crippen molar-refractivity contribution in [1.29, 1.82) is 0 Å². The fraction of sp³-hybridized carbons (Fsp3) is 0.250. The van der Waals surface area contributed by atoms with Crippen LogP contribution >= 0.6 is 0 Å². The Labute approximate surface area is 88.1 Å². The van der Waals surface area contributed by atoms with Gasteiger partial charge in [-0.2, -0.15) is 0 Å². The van der Waals surface area contributed by atoms with Gasteiger partial charge < -0.3 is 5.32 Å². The van der Waals surface area contributed by atoms with E-state index in [1.807, 2.05) is 32.0 Å². The highest BCUT2D eigenvalue weighted by Gasteiger charge is 2.04. The third-order valence-corrected chi connectivity index (χ3v) is 2.25. The molecule has 0 saturated carbocycles. The van der Waals surface area contributed by atoms with Crippen molar-refractivity contribution >= 4 is 16.7 Å². The maximum absolute atomic E-state index is 13.6. The lowest BCUT2D eigenvalue weighted by atomic mass is 10.1. The number of aryl methyl sites for hydroxylation is 1. The number of aromatic nitrogens is 1. The summed E-state index contributed by atoms with van der Waals surface area (Å²) in [6.07, 6.45) is 0. The van der Waals surface area contributed by atoms with Crippen LogP contribution in [-0.4, -0.2) is 11.5 Å². The van der Waals surface area contributed by atoms with Crippen molar-refractivity contribution in [3.8, 4) is 0 Å². The maximum atomic E-state index is 13.6. The lowest BCUT2D eigenvalue weighted by Gasteiger charge is -2.05. The number of rotatable bonds is 2. The highest BCUT2D eigenvalue weighted by molar-refractivity contribution is 5.81. The van der Waals surface area contributed by atoms with Gasteiger partial charge in [0.2, 0.25) is 0 Å². The first-order valence-corrected chi connectivity index (χ1v) is 5.01. The van der Waals surface area contributed by atoms with Gasteiger partial charge in [-0.15, -0.1) is 0 Å². The van der Waals surface area contributed by atoms with E-state index in [0.29, 0.717) is 11.3 Å². The molecule has 0 amide bonds. The molecular formula is C12H13FN2. The second kappa shape index (κ2) is 3.85. The first-order valence-electron chi connectivity index (χ1n) is 5.01. The molecule has 0 aliphatic carbocycles. The number of nitrogens with zero attached hydrogens (tertiary/aromatic N) is 1. The minimum atomic E-state index is -0.259. The summed E-state index contributed by atoms with van der Waals surface area (Å²) in [5.41, 5.74) is 1.34. The number of hydrogen-bond donors (Lipinski definition) is 1. The molecule has 1 aromatic carbocycles. The van der Waals surface area contributed by atoms with Crippen molar-refractivity contribution < 1.29 is 4.39 Å². The molecule has 2 aromatic rings. The molecule has 2 rings (SSSR count). The highest BCUT2D eigenvalue weighted by atomic mass is 19.1. The smallest absolute Gasteiger partial charge is 0.149 e. The zero-order valence-electron chi connectivity index (χ0n) is 8.84. The summed E-state index contributed by atoms with van der Waals surface area (Å²) in [7, 11) is 0. The molecule has 1 aromatic heterocycles. The molecule has 0 aliphatic heterocycles. The zero-order chi connectivity index (χ0) is 10.8. The van der Waals surface area contributed by atoms with E-state index in [4.69, 9.17) is 0 Å². The Morgan fingerprint density at radius 2 is 2.13 bits per heavy atom. The Morgan fingerprint density at radius 1 is 1.33 bits per heavy atom. The molecule has 1 heterocycles. The Bertz CT molecular complexity index is 494. The molecule has 0 bridgehead atoms. The molecule has 0 saturated heterocycles. The lowest BCUT2D eigenvalue weighted by Crippen LogP contribution is -1.99. The van der Waals surface area contributed by atoms with Crippen LogP contribution in [-0.2, 0) is 0 Å². The molecular weight excluding hydrogens is 191 g/mol. The van der Waals surface area contributed by atoms with Crippen molar-refractivity contribution in [2.45, 2.75) is 13.8 Å². The van der Waals surface area contributed by atoms with E-state index in [1.165, 1.54) is 6.07 Å². The van der Waals surface area contributed by atoms with E-state index < -0.39 is 0 Å². The van der Waals surface area contributed by atoms with Crippen LogP contribution in [0, 0.1) is 12.7 Å². The minimum absolute atomic E-state index is 0.259. The van der Waals surface area contributed by atoms with Gasteiger partial charge in [0, 0.05) is 11.9 Å². The normalized spacial score (nSPS) is 10.6. The molecule has 78 valence electrons. The lowest BCUT2D eigenvalue weighted by molar-refractivity contribution is 0.636. The Hall–Kier alpha value is -1.64. The summed E-state index contributed by atoms with van der Waals surface area (Å²) in [5, 5.41) is 3.91. The van der Waals surface area contributed by atoms with Crippen LogP contribution in [0.4, 0.5) is 10.2 Å². The molecule has 15 heavy (non-hydrogen) atoms. The van der Waals surface area contributed by atoms with Crippen molar-refractivity contribution in [3.63, 3.8) is 0 Å². The molecule has 0 aliphatic rings. The van der Waals surface area contributed by atoms with Gasteiger partial charge in [-0.05, 0) is 43.7 Å². The molecule has 1 N–H and O–H groups in total. The predicted molar refractivity (Wildman–Crippen MR) is 60.6 cm³/mol. The molecule has 0 fully saturated rings. The highest BCUT2D eigenvalue weighted by Crippen LogP contribution is 2.19. The molecule has 0 radical (unpaired) electrons. The first kappa shape index (κ1) is 9.90. The second-order valence-corrected chi connectivity index (χ2v) is 3.55. The van der Waals surface area contributed by atoms with Gasteiger partial charge in [0.1, 0.15) is 17.2 Å². The van der Waals surface area contributed by atoms with E-state index in [1.54, 1.807) is 0 Å². The average molecular weight is 204 g/mol. The molecule has 0 atom stereocenters. The van der Waals surface area contributed by atoms with Crippen LogP contribution in [0.25, 0.3) is 10.9 Å². The fourth-order valence-electron chi connectivity index (χ4n) is 1.61. The second-order valence-electron chi connectivity index (χ2n) is 3.55. The van der Waals surface area contributed by atoms with E-state index in [9.17, 15) is 4.39 Å². The third kappa shape index (κ3) is 1.91. The number of fused-ring (bicyclic) bond motifs is 1. The maximum Gasteiger partial charge on any atom is 0.149 e. The Morgan fingerprint density at radius 3 is 2.87 bits per heavy atom. The largest absolute Gasteiger partial charge is 0.370 e. The van der Waals surface area contributed by atoms with Crippen LogP contribution in [0.2, 0.25) is 0 Å². The van der Waals surface area contributed by atoms with E-state index in [2.05, 4.69) is 10.3 Å². The topological polar surface area (TPSA) is 24.9 Å². The average Bonchev–Trinajstić information content (AvgIpc) is 2.19. The van der Waals surface area contributed by atoms with Crippen LogP contribution in [0.3, 0.4) is 0 Å². The van der Waals surface area contributed by atoms with Gasteiger partial charge in [0.25, 0.3) is 0 Å². The standard InChI is InChI=1S/C12H13FN2/c1-3-14-11-5-4-9-6-8(2)7-10(13)12(9)15-11/h4-7H,3H2,1-2H3,(H,14,15). The summed E-state index contributed by atoms with van der Waals surface area (Å²) < 4.78 is 13.6. The van der Waals surface area contributed by atoms with Gasteiger partial charge in [-0.25, -0.2) is 9.37 Å². The summed E-state index contributed by atoms with van der Waals surface area (Å²) in [6.45, 7) is 4.64. The number of benzene rings is 1. The number of hydrogen-bond acceptors (Lipinski definition) is 2. The van der Waals surface area contributed by atoms with Gasteiger partial charge in [0.05, 0.1) is 0 Å². The Balaban J connectivity index is 2.60. The van der Waals surface area contributed by atoms with Crippen molar-refractivity contribution in [2.75, 3.05) is 11.9 Å². The molecule has 3 heteroatoms. The predicted octanol–water partition coefficient (Wildman–Crippen LogP) is 3.11. The van der Waals surface area contributed by atoms with Gasteiger partial charge in [0.15, 0.2) is 0 Å². The number of nitrogens with one attached hydrogen (secondary N) is 1. The fourth-order valence-corrected chi connectivity index (χ4v) is 1.61. The quantitative estimate of drug-likeness (QED) is 0.813. The van der Waals surface area contributed by atoms with Crippen LogP contribution in [0.1, 0.15) is 12.5 Å². The van der Waals surface area contributed by atoms with Crippen LogP contribution < -0.4 is 5.32 Å². The van der Waals surface area contributed by atoms with Crippen molar-refractivity contribution in [3.05, 3.63) is 35.6 Å². The van der Waals surface area contributed by atoms with Gasteiger partial charge >= 0.3 is 0 Å². The van der Waals surface area contributed by atoms with Gasteiger partial charge in [-0.1, -0.05) is 0 Å². The first-order chi connectivity index (χ1) is 7.20. The summed E-state index contributed by atoms with van der Waals surface area (Å²) in [6, 6.07) is 7.19. The van der Waals surface area contributed by atoms with E-state index in [-0.39, 0.29) is 5.82 Å². The van der Waals surface area contributed by atoms with E-state index in [0.717, 1.165) is 17.5 Å². The molecule has 0 unspecified atom stereocenters. The summed E-state index contributed by atoms with van der Waals surface area (Å²) >= 11 is 0. The van der Waals surface area contributed by atoms with Crippen molar-refractivity contribution in [1.82, 2.24) is 4.98 Å².